The van der Waals surface area contributed by atoms with E-state index in [-0.39, 0.29) is 24.5 Å². The van der Waals surface area contributed by atoms with Gasteiger partial charge in [-0.05, 0) is 44.4 Å². The van der Waals surface area contributed by atoms with Gasteiger partial charge in [-0.25, -0.2) is 4.99 Å². The van der Waals surface area contributed by atoms with E-state index in [9.17, 15) is 4.79 Å². The highest BCUT2D eigenvalue weighted by Crippen LogP contribution is 2.20. The molecule has 6 nitrogen and oxygen atoms in total. The summed E-state index contributed by atoms with van der Waals surface area (Å²) in [5, 5.41) is 7.08. The molecule has 1 heterocycles. The van der Waals surface area contributed by atoms with Gasteiger partial charge in [-0.3, -0.25) is 4.79 Å². The molecule has 0 radical (unpaired) electrons. The number of guanidine groups is 1. The minimum absolute atomic E-state index is 0.0154. The van der Waals surface area contributed by atoms with Gasteiger partial charge in [0.25, 0.3) is 0 Å². The number of hydrogen-bond donors (Lipinski definition) is 2. The Morgan fingerprint density at radius 1 is 1.16 bits per heavy atom. The number of aryl methyl sites for hydroxylation is 1. The Morgan fingerprint density at radius 2 is 1.87 bits per heavy atom. The van der Waals surface area contributed by atoms with Crippen molar-refractivity contribution in [3.05, 3.63) is 65.7 Å². The predicted molar refractivity (Wildman–Crippen MR) is 129 cm³/mol. The van der Waals surface area contributed by atoms with E-state index in [0.29, 0.717) is 5.96 Å². The highest BCUT2D eigenvalue weighted by atomic mass is 16.2. The molecular formula is C25H35N5O. The normalized spacial score (nSPS) is 17.7. The minimum Gasteiger partial charge on any atom is -0.369 e. The zero-order valence-corrected chi connectivity index (χ0v) is 19.1. The van der Waals surface area contributed by atoms with Crippen LogP contribution in [0.3, 0.4) is 0 Å². The van der Waals surface area contributed by atoms with E-state index in [1.165, 1.54) is 16.8 Å². The summed E-state index contributed by atoms with van der Waals surface area (Å²) in [6.07, 6.45) is 2.19. The molecule has 0 spiro atoms. The number of amides is 1. The van der Waals surface area contributed by atoms with E-state index in [4.69, 9.17) is 0 Å². The van der Waals surface area contributed by atoms with Crippen molar-refractivity contribution in [1.82, 2.24) is 15.5 Å². The van der Waals surface area contributed by atoms with Crippen molar-refractivity contribution in [3.8, 4) is 0 Å². The maximum absolute atomic E-state index is 12.1. The number of aliphatic imine (C=N–C) groups is 1. The summed E-state index contributed by atoms with van der Waals surface area (Å²) in [5.74, 6) is 0.667. The number of carbonyl (C=O) groups excluding carboxylic acids is 1. The predicted octanol–water partition coefficient (Wildman–Crippen LogP) is 3.35. The molecule has 0 saturated carbocycles. The van der Waals surface area contributed by atoms with Gasteiger partial charge in [-0.2, -0.15) is 0 Å². The fourth-order valence-electron chi connectivity index (χ4n) is 3.73. The van der Waals surface area contributed by atoms with Crippen LogP contribution in [-0.2, 0) is 4.79 Å². The van der Waals surface area contributed by atoms with E-state index in [1.807, 2.05) is 18.2 Å². The van der Waals surface area contributed by atoms with Gasteiger partial charge in [0.05, 0.1) is 6.04 Å². The third kappa shape index (κ3) is 6.74. The quantitative estimate of drug-likeness (QED) is 0.555. The number of rotatable bonds is 6. The summed E-state index contributed by atoms with van der Waals surface area (Å²) in [6.45, 7) is 6.31. The van der Waals surface area contributed by atoms with E-state index < -0.39 is 0 Å². The van der Waals surface area contributed by atoms with Crippen molar-refractivity contribution in [3.63, 3.8) is 0 Å². The molecule has 2 unspecified atom stereocenters. The van der Waals surface area contributed by atoms with Crippen molar-refractivity contribution in [1.29, 1.82) is 0 Å². The number of likely N-dealkylation sites (N-methyl/N-ethyl adjacent to an activating group) is 1. The summed E-state index contributed by atoms with van der Waals surface area (Å²) in [7, 11) is 3.51. The Bertz CT molecular complexity index is 863. The Hall–Kier alpha value is -3.02. The number of anilines is 1. The lowest BCUT2D eigenvalue weighted by atomic mass is 10.0. The topological polar surface area (TPSA) is 60.0 Å². The largest absolute Gasteiger partial charge is 0.369 e. The second-order valence-corrected chi connectivity index (χ2v) is 8.49. The molecule has 2 aromatic carbocycles. The lowest BCUT2D eigenvalue weighted by molar-refractivity contribution is -0.127. The molecule has 1 aliphatic rings. The first-order valence-electron chi connectivity index (χ1n) is 11.1. The lowest BCUT2D eigenvalue weighted by Gasteiger charge is -2.36. The number of nitrogens with one attached hydrogen (secondary N) is 2. The molecule has 0 bridgehead atoms. The van der Waals surface area contributed by atoms with Crippen LogP contribution < -0.4 is 15.5 Å². The van der Waals surface area contributed by atoms with Crippen molar-refractivity contribution < 1.29 is 4.79 Å². The van der Waals surface area contributed by atoms with Crippen LogP contribution in [0.25, 0.3) is 0 Å². The standard InChI is InChI=1S/C25H35N5O/c1-19-12-14-23(15-13-19)30-16-8-11-22(18-30)28-25(26-17-24(31)29(3)4)27-20(2)21-9-6-5-7-10-21/h5-7,9-10,12-15,20,22H,8,11,16-18H2,1-4H3,(H2,26,27,28). The van der Waals surface area contributed by atoms with E-state index >= 15 is 0 Å². The van der Waals surface area contributed by atoms with Crippen molar-refractivity contribution in [2.24, 2.45) is 4.99 Å². The Kier molecular flexibility index (Phi) is 7.93. The summed E-state index contributed by atoms with van der Waals surface area (Å²) in [4.78, 5) is 20.7. The van der Waals surface area contributed by atoms with Gasteiger partial charge < -0.3 is 20.4 Å². The van der Waals surface area contributed by atoms with Gasteiger partial charge in [0, 0.05) is 38.9 Å². The lowest BCUT2D eigenvalue weighted by Crippen LogP contribution is -2.51. The van der Waals surface area contributed by atoms with Crippen molar-refractivity contribution in [2.75, 3.05) is 38.6 Å². The molecule has 6 heteroatoms. The molecule has 3 rings (SSSR count). The molecule has 2 N–H and O–H groups in total. The Labute approximate surface area is 186 Å². The zero-order chi connectivity index (χ0) is 22.2. The van der Waals surface area contributed by atoms with Crippen molar-refractivity contribution in [2.45, 2.75) is 38.8 Å². The molecule has 0 aromatic heterocycles. The van der Waals surface area contributed by atoms with Crippen LogP contribution in [0, 0.1) is 6.92 Å². The average molecular weight is 422 g/mol. The summed E-state index contributed by atoms with van der Waals surface area (Å²) < 4.78 is 0. The number of hydrogen-bond acceptors (Lipinski definition) is 3. The van der Waals surface area contributed by atoms with Crippen molar-refractivity contribution >= 4 is 17.6 Å². The van der Waals surface area contributed by atoms with Crippen LogP contribution >= 0.6 is 0 Å². The maximum Gasteiger partial charge on any atom is 0.243 e. The third-order valence-corrected chi connectivity index (χ3v) is 5.69. The summed E-state index contributed by atoms with van der Waals surface area (Å²) in [6, 6.07) is 19.3. The van der Waals surface area contributed by atoms with Gasteiger partial charge in [-0.1, -0.05) is 48.0 Å². The van der Waals surface area contributed by atoms with Gasteiger partial charge in [0.2, 0.25) is 5.91 Å². The Balaban J connectivity index is 1.69. The summed E-state index contributed by atoms with van der Waals surface area (Å²) >= 11 is 0. The average Bonchev–Trinajstić information content (AvgIpc) is 2.78. The third-order valence-electron chi connectivity index (χ3n) is 5.69. The molecule has 2 aromatic rings. The van der Waals surface area contributed by atoms with Crippen LogP contribution in [-0.4, -0.2) is 56.5 Å². The van der Waals surface area contributed by atoms with E-state index in [1.54, 1.807) is 19.0 Å². The van der Waals surface area contributed by atoms with Crippen LogP contribution in [0.4, 0.5) is 5.69 Å². The first-order valence-corrected chi connectivity index (χ1v) is 11.1. The van der Waals surface area contributed by atoms with E-state index in [2.05, 4.69) is 70.8 Å². The van der Waals surface area contributed by atoms with Gasteiger partial charge in [-0.15, -0.1) is 0 Å². The maximum atomic E-state index is 12.1. The smallest absolute Gasteiger partial charge is 0.243 e. The first-order chi connectivity index (χ1) is 14.9. The van der Waals surface area contributed by atoms with Crippen LogP contribution in [0.15, 0.2) is 59.6 Å². The summed E-state index contributed by atoms with van der Waals surface area (Å²) in [5.41, 5.74) is 3.71. The molecule has 1 fully saturated rings. The zero-order valence-electron chi connectivity index (χ0n) is 19.1. The number of carbonyl (C=O) groups is 1. The van der Waals surface area contributed by atoms with Gasteiger partial charge in [0.1, 0.15) is 6.54 Å². The van der Waals surface area contributed by atoms with E-state index in [0.717, 1.165) is 25.9 Å². The minimum atomic E-state index is -0.0154. The number of piperidine rings is 1. The fourth-order valence-corrected chi connectivity index (χ4v) is 3.73. The molecule has 0 aliphatic carbocycles. The molecule has 2 atom stereocenters. The van der Waals surface area contributed by atoms with Crippen LogP contribution in [0.1, 0.15) is 36.9 Å². The van der Waals surface area contributed by atoms with Gasteiger partial charge in [0.15, 0.2) is 5.96 Å². The number of nitrogens with zero attached hydrogens (tertiary/aromatic N) is 3. The van der Waals surface area contributed by atoms with Crippen LogP contribution in [0.2, 0.25) is 0 Å². The molecular weight excluding hydrogens is 386 g/mol. The molecule has 31 heavy (non-hydrogen) atoms. The molecule has 1 saturated heterocycles. The number of benzene rings is 2. The molecule has 1 amide bonds. The van der Waals surface area contributed by atoms with Gasteiger partial charge >= 0.3 is 0 Å². The monoisotopic (exact) mass is 421 g/mol. The highest BCUT2D eigenvalue weighted by Gasteiger charge is 2.22. The highest BCUT2D eigenvalue weighted by molar-refractivity contribution is 5.85. The second-order valence-electron chi connectivity index (χ2n) is 8.49. The Morgan fingerprint density at radius 3 is 2.55 bits per heavy atom. The SMILES string of the molecule is Cc1ccc(N2CCCC(NC(=NCC(=O)N(C)C)NC(C)c3ccccc3)C2)cc1. The first kappa shape index (κ1) is 22.7. The molecule has 166 valence electrons. The molecule has 1 aliphatic heterocycles. The fraction of sp³-hybridized carbons (Fsp3) is 0.440. The second kappa shape index (κ2) is 10.8. The van der Waals surface area contributed by atoms with Crippen LogP contribution in [0.5, 0.6) is 0 Å².